The van der Waals surface area contributed by atoms with E-state index in [1.54, 1.807) is 26.4 Å². The van der Waals surface area contributed by atoms with E-state index >= 15 is 0 Å². The highest BCUT2D eigenvalue weighted by atomic mass is 19.1. The number of rotatable bonds is 6. The lowest BCUT2D eigenvalue weighted by Gasteiger charge is -2.16. The molecule has 0 saturated carbocycles. The maximum atomic E-state index is 13.4. The lowest BCUT2D eigenvalue weighted by Crippen LogP contribution is -2.26. The van der Waals surface area contributed by atoms with Gasteiger partial charge in [0, 0.05) is 26.5 Å². The summed E-state index contributed by atoms with van der Waals surface area (Å²) in [4.78, 5) is 0. The highest BCUT2D eigenvalue weighted by molar-refractivity contribution is 5.52. The molecule has 0 bridgehead atoms. The van der Waals surface area contributed by atoms with Gasteiger partial charge in [0.15, 0.2) is 0 Å². The van der Waals surface area contributed by atoms with E-state index in [1.807, 2.05) is 0 Å². The van der Waals surface area contributed by atoms with Crippen molar-refractivity contribution in [1.29, 1.82) is 0 Å². The van der Waals surface area contributed by atoms with Crippen LogP contribution >= 0.6 is 0 Å². The fraction of sp³-hybridized carbons (Fsp3) is 0.455. The summed E-state index contributed by atoms with van der Waals surface area (Å²) in [7, 11) is 3.18. The van der Waals surface area contributed by atoms with Crippen molar-refractivity contribution in [3.05, 3.63) is 24.0 Å². The van der Waals surface area contributed by atoms with Gasteiger partial charge in [-0.1, -0.05) is 0 Å². The summed E-state index contributed by atoms with van der Waals surface area (Å²) >= 11 is 0. The Morgan fingerprint density at radius 2 is 2.19 bits per heavy atom. The van der Waals surface area contributed by atoms with E-state index in [-0.39, 0.29) is 11.9 Å². The van der Waals surface area contributed by atoms with Gasteiger partial charge in [-0.05, 0) is 18.2 Å². The second-order valence-electron chi connectivity index (χ2n) is 3.43. The van der Waals surface area contributed by atoms with Crippen LogP contribution in [0.5, 0.6) is 0 Å². The number of benzene rings is 1. The minimum Gasteiger partial charge on any atom is -0.399 e. The minimum absolute atomic E-state index is 0.109. The summed E-state index contributed by atoms with van der Waals surface area (Å²) in [6.07, 6.45) is -0.109. The first kappa shape index (κ1) is 12.7. The fourth-order valence-corrected chi connectivity index (χ4v) is 1.29. The molecule has 0 aliphatic rings. The van der Waals surface area contributed by atoms with Gasteiger partial charge in [-0.2, -0.15) is 0 Å². The molecule has 1 aromatic carbocycles. The summed E-state index contributed by atoms with van der Waals surface area (Å²) in [5, 5.41) is 2.94. The van der Waals surface area contributed by atoms with Crippen molar-refractivity contribution in [2.75, 3.05) is 38.4 Å². The van der Waals surface area contributed by atoms with Crippen LogP contribution < -0.4 is 11.1 Å². The predicted octanol–water partition coefficient (Wildman–Crippen LogP) is 1.48. The van der Waals surface area contributed by atoms with Crippen molar-refractivity contribution in [2.24, 2.45) is 0 Å². The molecule has 90 valence electrons. The third-order valence-electron chi connectivity index (χ3n) is 2.20. The molecule has 16 heavy (non-hydrogen) atoms. The lowest BCUT2D eigenvalue weighted by molar-refractivity contribution is 0.0365. The van der Waals surface area contributed by atoms with Crippen molar-refractivity contribution in [1.82, 2.24) is 0 Å². The molecule has 1 rings (SSSR count). The van der Waals surface area contributed by atoms with E-state index in [0.29, 0.717) is 24.5 Å². The Morgan fingerprint density at radius 1 is 1.44 bits per heavy atom. The average Bonchev–Trinajstić information content (AvgIpc) is 2.26. The van der Waals surface area contributed by atoms with Crippen molar-refractivity contribution in [3.63, 3.8) is 0 Å². The molecule has 0 fully saturated rings. The summed E-state index contributed by atoms with van der Waals surface area (Å²) < 4.78 is 23.5. The minimum atomic E-state index is -0.368. The molecule has 0 aliphatic carbocycles. The first-order valence-electron chi connectivity index (χ1n) is 4.98. The van der Waals surface area contributed by atoms with Crippen molar-refractivity contribution < 1.29 is 13.9 Å². The fourth-order valence-electron chi connectivity index (χ4n) is 1.29. The standard InChI is InChI=1S/C11H17FN2O2/c1-15-7-9(16-2)6-14-11-4-3-8(13)5-10(11)12/h3-5,9,14H,6-7,13H2,1-2H3. The molecule has 3 N–H and O–H groups in total. The Hall–Kier alpha value is -1.33. The average molecular weight is 228 g/mol. The van der Waals surface area contributed by atoms with E-state index in [0.717, 1.165) is 0 Å². The zero-order chi connectivity index (χ0) is 12.0. The Kier molecular flexibility index (Phi) is 5.01. The van der Waals surface area contributed by atoms with Crippen LogP contribution in [-0.2, 0) is 9.47 Å². The number of nitrogens with two attached hydrogens (primary N) is 1. The first-order chi connectivity index (χ1) is 7.67. The lowest BCUT2D eigenvalue weighted by atomic mass is 10.2. The normalized spacial score (nSPS) is 12.4. The third kappa shape index (κ3) is 3.67. The number of ether oxygens (including phenoxy) is 2. The molecule has 1 atom stereocenters. The zero-order valence-corrected chi connectivity index (χ0v) is 9.50. The molecule has 1 unspecified atom stereocenters. The Morgan fingerprint density at radius 3 is 2.75 bits per heavy atom. The van der Waals surface area contributed by atoms with Gasteiger partial charge < -0.3 is 20.5 Å². The zero-order valence-electron chi connectivity index (χ0n) is 9.50. The smallest absolute Gasteiger partial charge is 0.148 e. The van der Waals surface area contributed by atoms with Crippen molar-refractivity contribution >= 4 is 11.4 Å². The van der Waals surface area contributed by atoms with Crippen LogP contribution in [0.15, 0.2) is 18.2 Å². The van der Waals surface area contributed by atoms with Crippen LogP contribution in [0.2, 0.25) is 0 Å². The number of nitrogen functional groups attached to an aromatic ring is 1. The molecule has 0 radical (unpaired) electrons. The first-order valence-corrected chi connectivity index (χ1v) is 4.98. The molecular weight excluding hydrogens is 211 g/mol. The number of hydrogen-bond acceptors (Lipinski definition) is 4. The van der Waals surface area contributed by atoms with E-state index in [1.165, 1.54) is 6.07 Å². The maximum Gasteiger partial charge on any atom is 0.148 e. The summed E-state index contributed by atoms with van der Waals surface area (Å²) in [5.41, 5.74) is 6.26. The molecule has 0 spiro atoms. The summed E-state index contributed by atoms with van der Waals surface area (Å²) in [6, 6.07) is 4.52. The van der Waals surface area contributed by atoms with Gasteiger partial charge in [-0.15, -0.1) is 0 Å². The Bertz CT molecular complexity index is 334. The maximum absolute atomic E-state index is 13.4. The molecule has 0 aromatic heterocycles. The van der Waals surface area contributed by atoms with E-state index in [9.17, 15) is 4.39 Å². The highest BCUT2D eigenvalue weighted by Gasteiger charge is 2.08. The van der Waals surface area contributed by atoms with Gasteiger partial charge >= 0.3 is 0 Å². The number of methoxy groups -OCH3 is 2. The largest absolute Gasteiger partial charge is 0.399 e. The monoisotopic (exact) mass is 228 g/mol. The van der Waals surface area contributed by atoms with Crippen LogP contribution in [0, 0.1) is 5.82 Å². The molecule has 0 heterocycles. The number of nitrogens with one attached hydrogen (secondary N) is 1. The van der Waals surface area contributed by atoms with Gasteiger partial charge in [-0.25, -0.2) is 4.39 Å². The van der Waals surface area contributed by atoms with E-state index in [4.69, 9.17) is 15.2 Å². The quantitative estimate of drug-likeness (QED) is 0.724. The molecule has 1 aromatic rings. The molecule has 0 amide bonds. The second-order valence-corrected chi connectivity index (χ2v) is 3.43. The predicted molar refractivity (Wildman–Crippen MR) is 62.0 cm³/mol. The van der Waals surface area contributed by atoms with Crippen LogP contribution in [0.3, 0.4) is 0 Å². The van der Waals surface area contributed by atoms with E-state index in [2.05, 4.69) is 5.32 Å². The van der Waals surface area contributed by atoms with E-state index < -0.39 is 0 Å². The Labute approximate surface area is 94.5 Å². The highest BCUT2D eigenvalue weighted by Crippen LogP contribution is 2.16. The van der Waals surface area contributed by atoms with Gasteiger partial charge in [0.1, 0.15) is 5.82 Å². The topological polar surface area (TPSA) is 56.5 Å². The number of hydrogen-bond donors (Lipinski definition) is 2. The van der Waals surface area contributed by atoms with Gasteiger partial charge in [-0.3, -0.25) is 0 Å². The molecule has 0 aliphatic heterocycles. The second kappa shape index (κ2) is 6.30. The van der Waals surface area contributed by atoms with Crippen molar-refractivity contribution in [3.8, 4) is 0 Å². The van der Waals surface area contributed by atoms with Crippen LogP contribution in [-0.4, -0.2) is 33.5 Å². The van der Waals surface area contributed by atoms with Crippen molar-refractivity contribution in [2.45, 2.75) is 6.10 Å². The molecule has 0 saturated heterocycles. The third-order valence-corrected chi connectivity index (χ3v) is 2.20. The number of halogens is 1. The summed E-state index contributed by atoms with van der Waals surface area (Å²) in [5.74, 6) is -0.368. The molecule has 4 nitrogen and oxygen atoms in total. The van der Waals surface area contributed by atoms with Gasteiger partial charge in [0.25, 0.3) is 0 Å². The van der Waals surface area contributed by atoms with Crippen LogP contribution in [0.4, 0.5) is 15.8 Å². The summed E-state index contributed by atoms with van der Waals surface area (Å²) in [6.45, 7) is 0.936. The SMILES string of the molecule is COCC(CNc1ccc(N)cc1F)OC. The number of anilines is 2. The van der Waals surface area contributed by atoms with Crippen LogP contribution in [0.25, 0.3) is 0 Å². The Balaban J connectivity index is 2.53. The van der Waals surface area contributed by atoms with Crippen LogP contribution in [0.1, 0.15) is 0 Å². The molecule has 5 heteroatoms. The van der Waals surface area contributed by atoms with Gasteiger partial charge in [0.2, 0.25) is 0 Å². The van der Waals surface area contributed by atoms with Gasteiger partial charge in [0.05, 0.1) is 18.4 Å². The molecular formula is C11H17FN2O2.